The monoisotopic (exact) mass is 339 g/mol. The number of nitrogens with one attached hydrogen (secondary N) is 1. The van der Waals surface area contributed by atoms with Gasteiger partial charge in [-0.15, -0.1) is 0 Å². The first-order valence-electron chi connectivity index (χ1n) is 8.91. The molecule has 0 unspecified atom stereocenters. The second-order valence-corrected chi connectivity index (χ2v) is 7.48. The molecule has 2 rings (SSSR count). The molecular formula is C22H29NO2. The highest BCUT2D eigenvalue weighted by Gasteiger charge is 2.18. The Labute approximate surface area is 151 Å². The van der Waals surface area contributed by atoms with Gasteiger partial charge in [0.15, 0.2) is 6.61 Å². The SMILES string of the molecule is Cc1cccc(CCCNC(=O)COc2ccccc2C(C)(C)C)c1. The first-order valence-corrected chi connectivity index (χ1v) is 8.91. The molecule has 134 valence electrons. The largest absolute Gasteiger partial charge is 0.483 e. The number of hydrogen-bond donors (Lipinski definition) is 1. The number of benzene rings is 2. The highest BCUT2D eigenvalue weighted by Crippen LogP contribution is 2.30. The molecule has 2 aromatic carbocycles. The van der Waals surface area contributed by atoms with Crippen LogP contribution in [-0.2, 0) is 16.6 Å². The predicted molar refractivity (Wildman–Crippen MR) is 103 cm³/mol. The van der Waals surface area contributed by atoms with Gasteiger partial charge >= 0.3 is 0 Å². The van der Waals surface area contributed by atoms with Crippen LogP contribution in [-0.4, -0.2) is 19.1 Å². The Balaban J connectivity index is 1.74. The summed E-state index contributed by atoms with van der Waals surface area (Å²) < 4.78 is 5.74. The summed E-state index contributed by atoms with van der Waals surface area (Å²) in [5.74, 6) is 0.706. The second-order valence-electron chi connectivity index (χ2n) is 7.48. The lowest BCUT2D eigenvalue weighted by Crippen LogP contribution is -2.30. The smallest absolute Gasteiger partial charge is 0.257 e. The number of rotatable bonds is 7. The first-order chi connectivity index (χ1) is 11.9. The van der Waals surface area contributed by atoms with Crippen molar-refractivity contribution in [1.29, 1.82) is 0 Å². The highest BCUT2D eigenvalue weighted by molar-refractivity contribution is 5.77. The third kappa shape index (κ3) is 6.26. The van der Waals surface area contributed by atoms with E-state index < -0.39 is 0 Å². The van der Waals surface area contributed by atoms with E-state index in [4.69, 9.17) is 4.74 Å². The van der Waals surface area contributed by atoms with Gasteiger partial charge in [0.25, 0.3) is 5.91 Å². The van der Waals surface area contributed by atoms with Crippen molar-refractivity contribution in [3.63, 3.8) is 0 Å². The van der Waals surface area contributed by atoms with Crippen molar-refractivity contribution >= 4 is 5.91 Å². The minimum absolute atomic E-state index is 0.0130. The van der Waals surface area contributed by atoms with Crippen molar-refractivity contribution in [1.82, 2.24) is 5.32 Å². The van der Waals surface area contributed by atoms with Crippen molar-refractivity contribution < 1.29 is 9.53 Å². The summed E-state index contributed by atoms with van der Waals surface area (Å²) >= 11 is 0. The molecule has 0 bridgehead atoms. The van der Waals surface area contributed by atoms with Crippen LogP contribution in [0.3, 0.4) is 0 Å². The Morgan fingerprint density at radius 2 is 1.84 bits per heavy atom. The standard InChI is InChI=1S/C22H29NO2/c1-17-9-7-10-18(15-17)11-8-14-23-21(24)16-25-20-13-6-5-12-19(20)22(2,3)4/h5-7,9-10,12-13,15H,8,11,14,16H2,1-4H3,(H,23,24). The predicted octanol–water partition coefficient (Wildman–Crippen LogP) is 4.42. The Morgan fingerprint density at radius 1 is 1.08 bits per heavy atom. The normalized spacial score (nSPS) is 11.2. The summed E-state index contributed by atoms with van der Waals surface area (Å²) in [6.45, 7) is 9.23. The molecule has 0 aliphatic rings. The minimum atomic E-state index is -0.0760. The van der Waals surface area contributed by atoms with Gasteiger partial charge in [-0.3, -0.25) is 4.79 Å². The van der Waals surface area contributed by atoms with Crippen molar-refractivity contribution in [2.45, 2.75) is 46.0 Å². The Morgan fingerprint density at radius 3 is 2.56 bits per heavy atom. The van der Waals surface area contributed by atoms with Crippen LogP contribution < -0.4 is 10.1 Å². The third-order valence-electron chi connectivity index (χ3n) is 4.10. The molecule has 3 heteroatoms. The van der Waals surface area contributed by atoms with E-state index in [-0.39, 0.29) is 17.9 Å². The van der Waals surface area contributed by atoms with Crippen molar-refractivity contribution in [2.24, 2.45) is 0 Å². The van der Waals surface area contributed by atoms with Gasteiger partial charge in [0, 0.05) is 6.54 Å². The van der Waals surface area contributed by atoms with E-state index in [0.717, 1.165) is 24.2 Å². The van der Waals surface area contributed by atoms with E-state index in [2.05, 4.69) is 63.3 Å². The number of carbonyl (C=O) groups excluding carboxylic acids is 1. The van der Waals surface area contributed by atoms with Crippen molar-refractivity contribution in [2.75, 3.05) is 13.2 Å². The van der Waals surface area contributed by atoms with Crippen LogP contribution in [0.5, 0.6) is 5.75 Å². The summed E-state index contributed by atoms with van der Waals surface area (Å²) in [6, 6.07) is 16.4. The summed E-state index contributed by atoms with van der Waals surface area (Å²) in [4.78, 5) is 12.0. The molecule has 0 heterocycles. The fourth-order valence-corrected chi connectivity index (χ4v) is 2.79. The Hall–Kier alpha value is -2.29. The van der Waals surface area contributed by atoms with Gasteiger partial charge < -0.3 is 10.1 Å². The van der Waals surface area contributed by atoms with Crippen LogP contribution in [0.1, 0.15) is 43.9 Å². The van der Waals surface area contributed by atoms with E-state index in [1.807, 2.05) is 18.2 Å². The number of carbonyl (C=O) groups is 1. The maximum Gasteiger partial charge on any atom is 0.257 e. The maximum absolute atomic E-state index is 12.0. The molecule has 0 spiro atoms. The van der Waals surface area contributed by atoms with Crippen LogP contribution in [0, 0.1) is 6.92 Å². The minimum Gasteiger partial charge on any atom is -0.483 e. The molecule has 0 aromatic heterocycles. The van der Waals surface area contributed by atoms with E-state index >= 15 is 0 Å². The summed E-state index contributed by atoms with van der Waals surface area (Å²) in [5, 5.41) is 2.93. The molecule has 3 nitrogen and oxygen atoms in total. The molecular weight excluding hydrogens is 310 g/mol. The first kappa shape index (κ1) is 19.0. The van der Waals surface area contributed by atoms with Gasteiger partial charge in [0.2, 0.25) is 0 Å². The van der Waals surface area contributed by atoms with Crippen LogP contribution >= 0.6 is 0 Å². The van der Waals surface area contributed by atoms with Gasteiger partial charge in [-0.25, -0.2) is 0 Å². The molecule has 0 aliphatic heterocycles. The quantitative estimate of drug-likeness (QED) is 0.758. The van der Waals surface area contributed by atoms with Crippen LogP contribution in [0.4, 0.5) is 0 Å². The number of ether oxygens (including phenoxy) is 1. The Bertz CT molecular complexity index is 701. The fourth-order valence-electron chi connectivity index (χ4n) is 2.79. The van der Waals surface area contributed by atoms with Crippen molar-refractivity contribution in [3.05, 3.63) is 65.2 Å². The van der Waals surface area contributed by atoms with Gasteiger partial charge in [-0.1, -0.05) is 68.8 Å². The molecule has 2 aromatic rings. The van der Waals surface area contributed by atoms with Gasteiger partial charge in [0.05, 0.1) is 0 Å². The summed E-state index contributed by atoms with van der Waals surface area (Å²) in [5.41, 5.74) is 3.68. The molecule has 0 radical (unpaired) electrons. The van der Waals surface area contributed by atoms with E-state index in [0.29, 0.717) is 6.54 Å². The molecule has 0 saturated carbocycles. The van der Waals surface area contributed by atoms with E-state index in [1.54, 1.807) is 0 Å². The molecule has 1 N–H and O–H groups in total. The summed E-state index contributed by atoms with van der Waals surface area (Å²) in [7, 11) is 0. The lowest BCUT2D eigenvalue weighted by atomic mass is 9.86. The van der Waals surface area contributed by atoms with Gasteiger partial charge in [0.1, 0.15) is 5.75 Å². The summed E-state index contributed by atoms with van der Waals surface area (Å²) in [6.07, 6.45) is 1.89. The molecule has 0 fully saturated rings. The fraction of sp³-hybridized carbons (Fsp3) is 0.409. The third-order valence-corrected chi connectivity index (χ3v) is 4.10. The zero-order valence-electron chi connectivity index (χ0n) is 15.8. The lowest BCUT2D eigenvalue weighted by Gasteiger charge is -2.22. The zero-order valence-corrected chi connectivity index (χ0v) is 15.8. The van der Waals surface area contributed by atoms with E-state index in [1.165, 1.54) is 11.1 Å². The van der Waals surface area contributed by atoms with Crippen LogP contribution in [0.2, 0.25) is 0 Å². The number of hydrogen-bond acceptors (Lipinski definition) is 2. The Kier molecular flexibility index (Phi) is 6.63. The van der Waals surface area contributed by atoms with Gasteiger partial charge in [-0.05, 0) is 42.4 Å². The average molecular weight is 339 g/mol. The second kappa shape index (κ2) is 8.70. The number of para-hydroxylation sites is 1. The van der Waals surface area contributed by atoms with Crippen molar-refractivity contribution in [3.8, 4) is 5.75 Å². The highest BCUT2D eigenvalue weighted by atomic mass is 16.5. The van der Waals surface area contributed by atoms with Crippen LogP contribution in [0.15, 0.2) is 48.5 Å². The zero-order chi connectivity index (χ0) is 18.3. The molecule has 0 atom stereocenters. The van der Waals surface area contributed by atoms with E-state index in [9.17, 15) is 4.79 Å². The molecule has 0 saturated heterocycles. The number of amides is 1. The molecule has 25 heavy (non-hydrogen) atoms. The van der Waals surface area contributed by atoms with Gasteiger partial charge in [-0.2, -0.15) is 0 Å². The maximum atomic E-state index is 12.0. The molecule has 0 aliphatic carbocycles. The lowest BCUT2D eigenvalue weighted by molar-refractivity contribution is -0.123. The van der Waals surface area contributed by atoms with Crippen LogP contribution in [0.25, 0.3) is 0 Å². The average Bonchev–Trinajstić information content (AvgIpc) is 2.56. The number of aryl methyl sites for hydroxylation is 2. The topological polar surface area (TPSA) is 38.3 Å². The molecule has 1 amide bonds.